The highest BCUT2D eigenvalue weighted by molar-refractivity contribution is 6.22. The molecule has 7 heteroatoms. The molecule has 2 aliphatic carbocycles. The molecule has 1 aromatic rings. The predicted octanol–water partition coefficient (Wildman–Crippen LogP) is 3.13. The average molecular weight is 426 g/mol. The van der Waals surface area contributed by atoms with Gasteiger partial charge in [0.15, 0.2) is 0 Å². The topological polar surface area (TPSA) is 89.9 Å². The first-order chi connectivity index (χ1) is 15.0. The number of benzene rings is 1. The number of carbonyl (C=O) groups is 3. The Morgan fingerprint density at radius 1 is 1.06 bits per heavy atom. The number of rotatable bonds is 5. The Labute approximate surface area is 182 Å². The molecule has 7 nitrogen and oxygen atoms in total. The molecule has 31 heavy (non-hydrogen) atoms. The fourth-order valence-electron chi connectivity index (χ4n) is 5.85. The van der Waals surface area contributed by atoms with Gasteiger partial charge >= 0.3 is 12.0 Å². The first kappa shape index (κ1) is 20.5. The molecular formula is C24H31N3O4. The quantitative estimate of drug-likeness (QED) is 0.757. The maximum Gasteiger partial charge on any atom is 0.328 e. The molecule has 2 N–H and O–H groups in total. The molecule has 2 saturated carbocycles. The van der Waals surface area contributed by atoms with Gasteiger partial charge in [0.25, 0.3) is 0 Å². The predicted molar refractivity (Wildman–Crippen MR) is 116 cm³/mol. The summed E-state index contributed by atoms with van der Waals surface area (Å²) < 4.78 is 0. The van der Waals surface area contributed by atoms with Crippen LogP contribution in [0.2, 0.25) is 0 Å². The number of urea groups is 1. The Morgan fingerprint density at radius 2 is 1.74 bits per heavy atom. The van der Waals surface area contributed by atoms with Gasteiger partial charge in [-0.1, -0.05) is 31.0 Å². The average Bonchev–Trinajstić information content (AvgIpc) is 3.31. The molecule has 2 heterocycles. The van der Waals surface area contributed by atoms with E-state index in [9.17, 15) is 19.5 Å². The summed E-state index contributed by atoms with van der Waals surface area (Å²) in [5.74, 6) is -0.382. The molecule has 1 saturated heterocycles. The zero-order valence-electron chi connectivity index (χ0n) is 17.9. The van der Waals surface area contributed by atoms with Crippen LogP contribution in [0, 0.1) is 11.3 Å². The molecule has 2 aliphatic heterocycles. The van der Waals surface area contributed by atoms with Gasteiger partial charge in [-0.15, -0.1) is 0 Å². The van der Waals surface area contributed by atoms with Crippen LogP contribution in [0.5, 0.6) is 0 Å². The van der Waals surface area contributed by atoms with E-state index in [1.54, 1.807) is 0 Å². The summed E-state index contributed by atoms with van der Waals surface area (Å²) in [6.45, 7) is 2.92. The zero-order valence-corrected chi connectivity index (χ0v) is 17.9. The van der Waals surface area contributed by atoms with Crippen molar-refractivity contribution < 1.29 is 19.5 Å². The fraction of sp³-hybridized carbons (Fsp3) is 0.625. The second-order valence-electron chi connectivity index (χ2n) is 9.94. The molecule has 5 rings (SSSR count). The van der Waals surface area contributed by atoms with Gasteiger partial charge in [0.2, 0.25) is 5.91 Å². The number of aliphatic carboxylic acids is 1. The minimum Gasteiger partial charge on any atom is -0.481 e. The maximum atomic E-state index is 13.3. The van der Waals surface area contributed by atoms with Crippen LogP contribution in [0.3, 0.4) is 0 Å². The van der Waals surface area contributed by atoms with Crippen LogP contribution in [0.1, 0.15) is 56.9 Å². The smallest absolute Gasteiger partial charge is 0.328 e. The minimum absolute atomic E-state index is 0.0677. The van der Waals surface area contributed by atoms with Gasteiger partial charge in [0, 0.05) is 13.1 Å². The van der Waals surface area contributed by atoms with Crippen LogP contribution < -0.4 is 10.2 Å². The van der Waals surface area contributed by atoms with Crippen molar-refractivity contribution in [1.82, 2.24) is 10.2 Å². The minimum atomic E-state index is -0.669. The highest BCUT2D eigenvalue weighted by Crippen LogP contribution is 2.51. The second kappa shape index (κ2) is 7.62. The number of nitrogens with zero attached hydrogens (tertiary/aromatic N) is 2. The lowest BCUT2D eigenvalue weighted by Crippen LogP contribution is -2.48. The number of anilines is 1. The molecule has 1 aromatic carbocycles. The van der Waals surface area contributed by atoms with E-state index in [1.165, 1.54) is 4.90 Å². The number of likely N-dealkylation sites (tertiary alicyclic amines) is 1. The lowest BCUT2D eigenvalue weighted by atomic mass is 9.80. The van der Waals surface area contributed by atoms with E-state index < -0.39 is 16.8 Å². The van der Waals surface area contributed by atoms with Crippen molar-refractivity contribution in [3.8, 4) is 0 Å². The van der Waals surface area contributed by atoms with Crippen LogP contribution >= 0.6 is 0 Å². The third kappa shape index (κ3) is 3.43. The molecule has 3 fully saturated rings. The van der Waals surface area contributed by atoms with Crippen molar-refractivity contribution >= 4 is 23.6 Å². The van der Waals surface area contributed by atoms with Crippen LogP contribution in [0.15, 0.2) is 24.3 Å². The summed E-state index contributed by atoms with van der Waals surface area (Å²) in [4.78, 5) is 41.4. The lowest BCUT2D eigenvalue weighted by Gasteiger charge is -2.33. The largest absolute Gasteiger partial charge is 0.481 e. The van der Waals surface area contributed by atoms with E-state index in [4.69, 9.17) is 0 Å². The van der Waals surface area contributed by atoms with Crippen molar-refractivity contribution in [3.05, 3.63) is 29.8 Å². The number of hydrogen-bond acceptors (Lipinski definition) is 4. The van der Waals surface area contributed by atoms with Gasteiger partial charge in [-0.3, -0.25) is 9.59 Å². The van der Waals surface area contributed by atoms with E-state index in [2.05, 4.69) is 10.2 Å². The van der Waals surface area contributed by atoms with Gasteiger partial charge in [0.1, 0.15) is 0 Å². The number of hydrogen-bond donors (Lipinski definition) is 2. The fourth-order valence-corrected chi connectivity index (χ4v) is 5.85. The number of carboxylic acids is 1. The molecule has 1 spiro atoms. The normalized spacial score (nSPS) is 24.4. The van der Waals surface area contributed by atoms with Crippen molar-refractivity contribution in [2.75, 3.05) is 31.1 Å². The van der Waals surface area contributed by atoms with Gasteiger partial charge in [0.05, 0.1) is 16.5 Å². The number of carboxylic acid groups (broad SMARTS) is 1. The molecular weight excluding hydrogens is 394 g/mol. The highest BCUT2D eigenvalue weighted by Gasteiger charge is 2.54. The Kier molecular flexibility index (Phi) is 5.04. The van der Waals surface area contributed by atoms with Gasteiger partial charge in [-0.05, 0) is 69.2 Å². The Balaban J connectivity index is 1.17. The molecule has 0 radical (unpaired) electrons. The molecule has 3 amide bonds. The van der Waals surface area contributed by atoms with E-state index in [0.717, 1.165) is 75.7 Å². The summed E-state index contributed by atoms with van der Waals surface area (Å²) in [5, 5.41) is 12.4. The number of carbonyl (C=O) groups excluding carboxylic acids is 2. The van der Waals surface area contributed by atoms with Crippen molar-refractivity contribution in [2.45, 2.75) is 56.8 Å². The van der Waals surface area contributed by atoms with Crippen LogP contribution in [0.4, 0.5) is 10.5 Å². The van der Waals surface area contributed by atoms with E-state index in [-0.39, 0.29) is 11.9 Å². The van der Waals surface area contributed by atoms with Crippen LogP contribution in [0.25, 0.3) is 0 Å². The first-order valence-corrected chi connectivity index (χ1v) is 11.6. The second-order valence-corrected chi connectivity index (χ2v) is 9.94. The number of piperidine rings is 1. The summed E-state index contributed by atoms with van der Waals surface area (Å²) in [6, 6.07) is 7.42. The van der Waals surface area contributed by atoms with E-state index >= 15 is 0 Å². The molecule has 0 aromatic heterocycles. The molecule has 0 atom stereocenters. The molecule has 0 bridgehead atoms. The maximum absolute atomic E-state index is 13.3. The summed E-state index contributed by atoms with van der Waals surface area (Å²) in [7, 11) is 0. The van der Waals surface area contributed by atoms with Gasteiger partial charge < -0.3 is 15.3 Å². The van der Waals surface area contributed by atoms with Crippen molar-refractivity contribution in [2.24, 2.45) is 11.3 Å². The van der Waals surface area contributed by atoms with Crippen LogP contribution in [-0.4, -0.2) is 54.1 Å². The third-order valence-corrected chi connectivity index (χ3v) is 8.02. The number of fused-ring (bicyclic) bond motifs is 2. The molecule has 166 valence electrons. The summed E-state index contributed by atoms with van der Waals surface area (Å²) in [6.07, 6.45) is 7.13. The number of amides is 3. The summed E-state index contributed by atoms with van der Waals surface area (Å²) in [5.41, 5.74) is 0.724. The van der Waals surface area contributed by atoms with Crippen molar-refractivity contribution in [1.29, 1.82) is 0 Å². The Bertz CT molecular complexity index is 896. The lowest BCUT2D eigenvalue weighted by molar-refractivity contribution is -0.144. The third-order valence-electron chi connectivity index (χ3n) is 8.02. The Morgan fingerprint density at radius 3 is 2.39 bits per heavy atom. The van der Waals surface area contributed by atoms with Crippen LogP contribution in [-0.2, 0) is 15.0 Å². The highest BCUT2D eigenvalue weighted by atomic mass is 16.4. The Hall–Kier alpha value is -2.41. The number of imide groups is 1. The number of nitrogens with one attached hydrogen (secondary N) is 1. The van der Waals surface area contributed by atoms with E-state index in [1.807, 2.05) is 24.3 Å². The van der Waals surface area contributed by atoms with E-state index in [0.29, 0.717) is 19.0 Å². The standard InChI is InChI=1S/C24H31N3O4/c28-20-24(9-3-4-10-24)18-5-1-2-6-19(18)27(20)22(31)25-15-17-7-13-26(14-8-17)16-23(11-12-23)21(29)30/h1-2,5-6,17H,3-4,7-16H2,(H,25,31)(H,29,30). The number of para-hydroxylation sites is 1. The van der Waals surface area contributed by atoms with Gasteiger partial charge in [-0.2, -0.15) is 0 Å². The summed E-state index contributed by atoms with van der Waals surface area (Å²) >= 11 is 0. The van der Waals surface area contributed by atoms with Gasteiger partial charge in [-0.25, -0.2) is 9.69 Å². The monoisotopic (exact) mass is 425 g/mol. The van der Waals surface area contributed by atoms with Crippen molar-refractivity contribution in [3.63, 3.8) is 0 Å². The SMILES string of the molecule is O=C(NCC1CCN(CC2(C(=O)O)CC2)CC1)N1C(=O)C2(CCCC2)c2ccccc21. The molecule has 4 aliphatic rings. The first-order valence-electron chi connectivity index (χ1n) is 11.6. The molecule has 0 unspecified atom stereocenters. The zero-order chi connectivity index (χ0) is 21.6.